The lowest BCUT2D eigenvalue weighted by Gasteiger charge is -2.18. The molecule has 0 saturated carbocycles. The summed E-state index contributed by atoms with van der Waals surface area (Å²) in [5, 5.41) is 11.5. The molecule has 5 rings (SSSR count). The highest BCUT2D eigenvalue weighted by Crippen LogP contribution is 2.36. The summed E-state index contributed by atoms with van der Waals surface area (Å²) in [5.41, 5.74) is 3.10. The molecule has 1 heterocycles. The van der Waals surface area contributed by atoms with Crippen LogP contribution in [0, 0.1) is 0 Å². The molecule has 0 saturated heterocycles. The van der Waals surface area contributed by atoms with Crippen LogP contribution in [0.15, 0.2) is 117 Å². The van der Waals surface area contributed by atoms with Crippen LogP contribution < -0.4 is 5.63 Å². The molecular formula is C30H21BrO4. The van der Waals surface area contributed by atoms with Gasteiger partial charge in [-0.2, -0.15) is 0 Å². The number of fused-ring (bicyclic) bond motifs is 1. The highest BCUT2D eigenvalue weighted by atomic mass is 79.9. The summed E-state index contributed by atoms with van der Waals surface area (Å²) < 4.78 is 6.51. The summed E-state index contributed by atoms with van der Waals surface area (Å²) in [6.07, 6.45) is 0.0122. The summed E-state index contributed by atoms with van der Waals surface area (Å²) in [5.74, 6) is -0.937. The third-order valence-corrected chi connectivity index (χ3v) is 6.67. The number of halogens is 1. The molecule has 0 aliphatic carbocycles. The van der Waals surface area contributed by atoms with Crippen molar-refractivity contribution in [3.8, 4) is 16.9 Å². The fraction of sp³-hybridized carbons (Fsp3) is 0.0667. The van der Waals surface area contributed by atoms with Gasteiger partial charge in [0.25, 0.3) is 0 Å². The number of benzene rings is 4. The molecular weight excluding hydrogens is 504 g/mol. The van der Waals surface area contributed by atoms with Crippen LogP contribution in [0.25, 0.3) is 22.1 Å². The summed E-state index contributed by atoms with van der Waals surface area (Å²) >= 11 is 3.44. The molecule has 0 unspecified atom stereocenters. The quantitative estimate of drug-likeness (QED) is 0.186. The number of ketones is 1. The summed E-state index contributed by atoms with van der Waals surface area (Å²) in [6, 6.07) is 31.5. The van der Waals surface area contributed by atoms with E-state index in [1.807, 2.05) is 66.7 Å². The van der Waals surface area contributed by atoms with E-state index in [0.29, 0.717) is 16.5 Å². The second-order valence-corrected chi connectivity index (χ2v) is 9.24. The molecule has 172 valence electrons. The van der Waals surface area contributed by atoms with Gasteiger partial charge < -0.3 is 9.52 Å². The number of aromatic hydroxyl groups is 1. The Labute approximate surface area is 210 Å². The molecule has 0 aliphatic rings. The average Bonchev–Trinajstić information content (AvgIpc) is 2.89. The van der Waals surface area contributed by atoms with Gasteiger partial charge in [0, 0.05) is 22.4 Å². The van der Waals surface area contributed by atoms with Crippen LogP contribution in [-0.4, -0.2) is 10.9 Å². The Balaban J connectivity index is 1.51. The van der Waals surface area contributed by atoms with Crippen LogP contribution in [0.2, 0.25) is 0 Å². The third-order valence-electron chi connectivity index (χ3n) is 6.14. The van der Waals surface area contributed by atoms with E-state index in [4.69, 9.17) is 4.42 Å². The zero-order valence-corrected chi connectivity index (χ0v) is 20.2. The summed E-state index contributed by atoms with van der Waals surface area (Å²) in [6.45, 7) is 0. The van der Waals surface area contributed by atoms with Gasteiger partial charge in [0.05, 0.1) is 10.9 Å². The standard InChI is InChI=1S/C30H21BrO4/c31-23-16-14-20(15-17-23)19-10-12-22(13-11-19)26(32)18-25(21-6-2-1-3-7-21)28-29(33)24-8-4-5-9-27(24)35-30(28)34/h1-17,25,33H,18H2/t25-/m0/s1. The first-order valence-electron chi connectivity index (χ1n) is 11.2. The van der Waals surface area contributed by atoms with Crippen molar-refractivity contribution in [2.45, 2.75) is 12.3 Å². The van der Waals surface area contributed by atoms with E-state index in [1.54, 1.807) is 36.4 Å². The number of hydrogen-bond acceptors (Lipinski definition) is 4. The summed E-state index contributed by atoms with van der Waals surface area (Å²) in [4.78, 5) is 26.3. The second-order valence-electron chi connectivity index (χ2n) is 8.32. The molecule has 0 amide bonds. The highest BCUT2D eigenvalue weighted by molar-refractivity contribution is 9.10. The third kappa shape index (κ3) is 4.68. The average molecular weight is 525 g/mol. The topological polar surface area (TPSA) is 67.5 Å². The van der Waals surface area contributed by atoms with Crippen LogP contribution in [0.5, 0.6) is 5.75 Å². The maximum atomic E-state index is 13.4. The second kappa shape index (κ2) is 9.72. The van der Waals surface area contributed by atoms with Gasteiger partial charge in [-0.3, -0.25) is 4.79 Å². The minimum Gasteiger partial charge on any atom is -0.507 e. The van der Waals surface area contributed by atoms with Crippen LogP contribution in [0.4, 0.5) is 0 Å². The molecule has 4 aromatic carbocycles. The molecule has 5 heteroatoms. The van der Waals surface area contributed by atoms with Crippen LogP contribution in [-0.2, 0) is 0 Å². The number of hydrogen-bond donors (Lipinski definition) is 1. The van der Waals surface area contributed by atoms with Gasteiger partial charge in [-0.05, 0) is 41.0 Å². The first-order chi connectivity index (χ1) is 17.0. The van der Waals surface area contributed by atoms with Gasteiger partial charge in [-0.25, -0.2) is 4.79 Å². The Morgan fingerprint density at radius 1 is 0.800 bits per heavy atom. The predicted octanol–water partition coefficient (Wildman–Crippen LogP) is 7.33. The van der Waals surface area contributed by atoms with Crippen LogP contribution in [0.1, 0.15) is 33.8 Å². The minimum absolute atomic E-state index is 0.0122. The Kier molecular flexibility index (Phi) is 6.34. The maximum Gasteiger partial charge on any atom is 0.343 e. The minimum atomic E-state index is -0.657. The van der Waals surface area contributed by atoms with Crippen molar-refractivity contribution < 1.29 is 14.3 Å². The first-order valence-corrected chi connectivity index (χ1v) is 12.0. The van der Waals surface area contributed by atoms with Crippen molar-refractivity contribution in [3.05, 3.63) is 135 Å². The molecule has 0 spiro atoms. The Hall–Kier alpha value is -3.96. The lowest BCUT2D eigenvalue weighted by Crippen LogP contribution is -2.17. The van der Waals surface area contributed by atoms with Gasteiger partial charge in [0.15, 0.2) is 5.78 Å². The fourth-order valence-corrected chi connectivity index (χ4v) is 4.59. The molecule has 1 atom stereocenters. The zero-order chi connectivity index (χ0) is 24.4. The summed E-state index contributed by atoms with van der Waals surface area (Å²) in [7, 11) is 0. The van der Waals surface area contributed by atoms with Crippen LogP contribution in [0.3, 0.4) is 0 Å². The van der Waals surface area contributed by atoms with E-state index in [-0.39, 0.29) is 23.5 Å². The predicted molar refractivity (Wildman–Crippen MR) is 141 cm³/mol. The van der Waals surface area contributed by atoms with Gasteiger partial charge in [0.1, 0.15) is 11.3 Å². The molecule has 1 N–H and O–H groups in total. The van der Waals surface area contributed by atoms with Crippen molar-refractivity contribution in [1.82, 2.24) is 0 Å². The number of carbonyl (C=O) groups excluding carboxylic acids is 1. The molecule has 35 heavy (non-hydrogen) atoms. The molecule has 4 nitrogen and oxygen atoms in total. The van der Waals surface area contributed by atoms with Gasteiger partial charge in [-0.1, -0.05) is 94.8 Å². The van der Waals surface area contributed by atoms with Crippen molar-refractivity contribution >= 4 is 32.7 Å². The molecule has 0 bridgehead atoms. The van der Waals surface area contributed by atoms with Crippen molar-refractivity contribution in [2.75, 3.05) is 0 Å². The van der Waals surface area contributed by atoms with Gasteiger partial charge >= 0.3 is 5.63 Å². The molecule has 0 aliphatic heterocycles. The lowest BCUT2D eigenvalue weighted by atomic mass is 9.85. The Morgan fingerprint density at radius 3 is 2.09 bits per heavy atom. The van der Waals surface area contributed by atoms with E-state index < -0.39 is 11.5 Å². The largest absolute Gasteiger partial charge is 0.507 e. The number of Topliss-reactive ketones (excluding diaryl/α,β-unsaturated/α-hetero) is 1. The van der Waals surface area contributed by atoms with Crippen molar-refractivity contribution in [3.63, 3.8) is 0 Å². The highest BCUT2D eigenvalue weighted by Gasteiger charge is 2.27. The van der Waals surface area contributed by atoms with E-state index in [0.717, 1.165) is 21.2 Å². The normalized spacial score (nSPS) is 11.9. The van der Waals surface area contributed by atoms with Gasteiger partial charge in [0.2, 0.25) is 0 Å². The number of carbonyl (C=O) groups is 1. The van der Waals surface area contributed by atoms with E-state index in [9.17, 15) is 14.7 Å². The maximum absolute atomic E-state index is 13.4. The van der Waals surface area contributed by atoms with E-state index in [2.05, 4.69) is 15.9 Å². The zero-order valence-electron chi connectivity index (χ0n) is 18.6. The molecule has 5 aromatic rings. The molecule has 0 radical (unpaired) electrons. The monoisotopic (exact) mass is 524 g/mol. The number of para-hydroxylation sites is 1. The SMILES string of the molecule is O=C(C[C@@H](c1ccccc1)c1c(O)c2ccccc2oc1=O)c1ccc(-c2ccc(Br)cc2)cc1. The van der Waals surface area contributed by atoms with Crippen molar-refractivity contribution in [1.29, 1.82) is 0 Å². The fourth-order valence-electron chi connectivity index (χ4n) is 4.32. The Morgan fingerprint density at radius 2 is 1.40 bits per heavy atom. The van der Waals surface area contributed by atoms with E-state index >= 15 is 0 Å². The number of rotatable bonds is 6. The smallest absolute Gasteiger partial charge is 0.343 e. The van der Waals surface area contributed by atoms with E-state index in [1.165, 1.54) is 0 Å². The first kappa shape index (κ1) is 22.8. The molecule has 1 aromatic heterocycles. The lowest BCUT2D eigenvalue weighted by molar-refractivity contribution is 0.0977. The van der Waals surface area contributed by atoms with Gasteiger partial charge in [-0.15, -0.1) is 0 Å². The van der Waals surface area contributed by atoms with Crippen molar-refractivity contribution in [2.24, 2.45) is 0 Å². The van der Waals surface area contributed by atoms with Crippen LogP contribution >= 0.6 is 15.9 Å². The molecule has 0 fully saturated rings. The Bertz CT molecular complexity index is 1550.